The van der Waals surface area contributed by atoms with Gasteiger partial charge in [0.25, 0.3) is 0 Å². The van der Waals surface area contributed by atoms with E-state index in [-0.39, 0.29) is 5.97 Å². The van der Waals surface area contributed by atoms with E-state index in [4.69, 9.17) is 4.74 Å². The molecule has 0 N–H and O–H groups in total. The number of hydrogen-bond donors (Lipinski definition) is 0. The Bertz CT molecular complexity index is 367. The van der Waals surface area contributed by atoms with Gasteiger partial charge in [0.1, 0.15) is 0 Å². The first-order chi connectivity index (χ1) is 7.74. The van der Waals surface area contributed by atoms with Crippen molar-refractivity contribution < 1.29 is 9.53 Å². The van der Waals surface area contributed by atoms with Crippen LogP contribution in [0.15, 0.2) is 36.4 Å². The summed E-state index contributed by atoms with van der Waals surface area (Å²) >= 11 is 0. The molecule has 0 unspecified atom stereocenters. The largest absolute Gasteiger partial charge is 0.463 e. The second-order valence-electron chi connectivity index (χ2n) is 3.62. The molecule has 1 aromatic carbocycles. The van der Waals surface area contributed by atoms with Crippen molar-refractivity contribution in [1.82, 2.24) is 0 Å². The first-order valence-corrected chi connectivity index (χ1v) is 5.62. The standard InChI is InChI=1S/C14H18O2/c1-3-16-14(15)11-7-6-10-13-9-5-4-8-12(13)2/h4-5,7-9,11H,3,6,10H2,1-2H3. The third-order valence-electron chi connectivity index (χ3n) is 2.38. The molecule has 0 aromatic heterocycles. The van der Waals surface area contributed by atoms with Gasteiger partial charge in [0.2, 0.25) is 0 Å². The summed E-state index contributed by atoms with van der Waals surface area (Å²) in [6.07, 6.45) is 5.19. The third kappa shape index (κ3) is 4.30. The molecule has 1 rings (SSSR count). The predicted octanol–water partition coefficient (Wildman–Crippen LogP) is 3.05. The molecular formula is C14H18O2. The van der Waals surface area contributed by atoms with Crippen molar-refractivity contribution in [2.75, 3.05) is 6.61 Å². The molecule has 2 nitrogen and oxygen atoms in total. The average Bonchev–Trinajstić information content (AvgIpc) is 2.27. The highest BCUT2D eigenvalue weighted by molar-refractivity contribution is 5.81. The van der Waals surface area contributed by atoms with Crippen LogP contribution in [0.1, 0.15) is 24.5 Å². The van der Waals surface area contributed by atoms with E-state index in [1.807, 2.05) is 18.2 Å². The highest BCUT2D eigenvalue weighted by Gasteiger charge is 1.96. The summed E-state index contributed by atoms with van der Waals surface area (Å²) in [5, 5.41) is 0. The summed E-state index contributed by atoms with van der Waals surface area (Å²) in [7, 11) is 0. The zero-order chi connectivity index (χ0) is 11.8. The van der Waals surface area contributed by atoms with E-state index in [1.165, 1.54) is 17.2 Å². The second kappa shape index (κ2) is 6.83. The van der Waals surface area contributed by atoms with Crippen molar-refractivity contribution in [2.45, 2.75) is 26.7 Å². The number of carbonyl (C=O) groups excluding carboxylic acids is 1. The molecular weight excluding hydrogens is 200 g/mol. The fraction of sp³-hybridized carbons (Fsp3) is 0.357. The number of carbonyl (C=O) groups is 1. The van der Waals surface area contributed by atoms with Gasteiger partial charge in [0.05, 0.1) is 6.61 Å². The number of aryl methyl sites for hydroxylation is 2. The lowest BCUT2D eigenvalue weighted by Crippen LogP contribution is -1.98. The Morgan fingerprint density at radius 2 is 2.12 bits per heavy atom. The molecule has 0 amide bonds. The van der Waals surface area contributed by atoms with Crippen molar-refractivity contribution in [1.29, 1.82) is 0 Å². The van der Waals surface area contributed by atoms with Crippen molar-refractivity contribution in [3.05, 3.63) is 47.5 Å². The highest BCUT2D eigenvalue weighted by atomic mass is 16.5. The fourth-order valence-electron chi connectivity index (χ4n) is 1.50. The average molecular weight is 218 g/mol. The van der Waals surface area contributed by atoms with Crippen LogP contribution in [0.2, 0.25) is 0 Å². The van der Waals surface area contributed by atoms with Crippen molar-refractivity contribution >= 4 is 5.97 Å². The number of hydrogen-bond acceptors (Lipinski definition) is 2. The van der Waals surface area contributed by atoms with Crippen LogP contribution < -0.4 is 0 Å². The van der Waals surface area contributed by atoms with Gasteiger partial charge in [-0.3, -0.25) is 0 Å². The Balaban J connectivity index is 2.36. The Morgan fingerprint density at radius 1 is 1.38 bits per heavy atom. The van der Waals surface area contributed by atoms with Crippen LogP contribution in [0.3, 0.4) is 0 Å². The number of benzene rings is 1. The van der Waals surface area contributed by atoms with Gasteiger partial charge in [-0.05, 0) is 37.8 Å². The maximum Gasteiger partial charge on any atom is 0.330 e. The van der Waals surface area contributed by atoms with Crippen LogP contribution in [0, 0.1) is 6.92 Å². The maximum absolute atomic E-state index is 11.0. The van der Waals surface area contributed by atoms with E-state index in [9.17, 15) is 4.79 Å². The highest BCUT2D eigenvalue weighted by Crippen LogP contribution is 2.09. The number of rotatable bonds is 5. The van der Waals surface area contributed by atoms with Gasteiger partial charge in [0, 0.05) is 6.08 Å². The van der Waals surface area contributed by atoms with E-state index in [2.05, 4.69) is 19.1 Å². The number of esters is 1. The Kier molecular flexibility index (Phi) is 5.34. The quantitative estimate of drug-likeness (QED) is 0.561. The molecule has 0 fully saturated rings. The Labute approximate surface area is 96.9 Å². The molecule has 0 heterocycles. The molecule has 1 aromatic rings. The summed E-state index contributed by atoms with van der Waals surface area (Å²) in [6.45, 7) is 4.34. The lowest BCUT2D eigenvalue weighted by Gasteiger charge is -2.02. The molecule has 0 saturated carbocycles. The number of ether oxygens (including phenoxy) is 1. The first kappa shape index (κ1) is 12.5. The van der Waals surface area contributed by atoms with Gasteiger partial charge in [0.15, 0.2) is 0 Å². The Hall–Kier alpha value is -1.57. The normalized spacial score (nSPS) is 10.6. The smallest absolute Gasteiger partial charge is 0.330 e. The summed E-state index contributed by atoms with van der Waals surface area (Å²) in [6, 6.07) is 8.29. The van der Waals surface area contributed by atoms with E-state index < -0.39 is 0 Å². The summed E-state index contributed by atoms with van der Waals surface area (Å²) in [5.41, 5.74) is 2.63. The van der Waals surface area contributed by atoms with E-state index >= 15 is 0 Å². The molecule has 0 spiro atoms. The fourth-order valence-corrected chi connectivity index (χ4v) is 1.50. The molecule has 0 radical (unpaired) electrons. The SMILES string of the molecule is CCOC(=O)C=CCCc1ccccc1C. The van der Waals surface area contributed by atoms with E-state index in [0.29, 0.717) is 6.61 Å². The van der Waals surface area contributed by atoms with Gasteiger partial charge >= 0.3 is 5.97 Å². The van der Waals surface area contributed by atoms with Gasteiger partial charge in [-0.1, -0.05) is 30.3 Å². The summed E-state index contributed by atoms with van der Waals surface area (Å²) in [4.78, 5) is 11.0. The van der Waals surface area contributed by atoms with Gasteiger partial charge in [-0.15, -0.1) is 0 Å². The minimum Gasteiger partial charge on any atom is -0.463 e. The van der Waals surface area contributed by atoms with Crippen molar-refractivity contribution in [3.63, 3.8) is 0 Å². The topological polar surface area (TPSA) is 26.3 Å². The summed E-state index contributed by atoms with van der Waals surface area (Å²) < 4.78 is 4.79. The molecule has 0 bridgehead atoms. The van der Waals surface area contributed by atoms with Gasteiger partial charge in [-0.25, -0.2) is 4.79 Å². The maximum atomic E-state index is 11.0. The predicted molar refractivity (Wildman–Crippen MR) is 65.3 cm³/mol. The van der Waals surface area contributed by atoms with E-state index in [0.717, 1.165) is 12.8 Å². The van der Waals surface area contributed by atoms with Crippen LogP contribution in [0.4, 0.5) is 0 Å². The molecule has 0 aliphatic carbocycles. The minimum atomic E-state index is -0.257. The van der Waals surface area contributed by atoms with E-state index in [1.54, 1.807) is 6.92 Å². The lowest BCUT2D eigenvalue weighted by molar-refractivity contribution is -0.137. The molecule has 0 saturated heterocycles. The zero-order valence-corrected chi connectivity index (χ0v) is 9.90. The zero-order valence-electron chi connectivity index (χ0n) is 9.90. The van der Waals surface area contributed by atoms with Crippen molar-refractivity contribution in [3.8, 4) is 0 Å². The third-order valence-corrected chi connectivity index (χ3v) is 2.38. The molecule has 0 atom stereocenters. The van der Waals surface area contributed by atoms with Gasteiger partial charge in [-0.2, -0.15) is 0 Å². The lowest BCUT2D eigenvalue weighted by atomic mass is 10.0. The first-order valence-electron chi connectivity index (χ1n) is 5.62. The molecule has 2 heteroatoms. The van der Waals surface area contributed by atoms with Crippen LogP contribution in [-0.2, 0) is 16.0 Å². The molecule has 0 aliphatic rings. The van der Waals surface area contributed by atoms with Crippen molar-refractivity contribution in [2.24, 2.45) is 0 Å². The molecule has 16 heavy (non-hydrogen) atoms. The summed E-state index contributed by atoms with van der Waals surface area (Å²) in [5.74, 6) is -0.257. The monoisotopic (exact) mass is 218 g/mol. The second-order valence-corrected chi connectivity index (χ2v) is 3.62. The van der Waals surface area contributed by atoms with Crippen LogP contribution >= 0.6 is 0 Å². The minimum absolute atomic E-state index is 0.257. The van der Waals surface area contributed by atoms with Gasteiger partial charge < -0.3 is 4.74 Å². The number of allylic oxidation sites excluding steroid dienone is 1. The van der Waals surface area contributed by atoms with Crippen LogP contribution in [0.5, 0.6) is 0 Å². The molecule has 0 aliphatic heterocycles. The Morgan fingerprint density at radius 3 is 2.81 bits per heavy atom. The molecule has 86 valence electrons. The van der Waals surface area contributed by atoms with Crippen LogP contribution in [-0.4, -0.2) is 12.6 Å². The van der Waals surface area contributed by atoms with Crippen LogP contribution in [0.25, 0.3) is 0 Å².